The Hall–Kier alpha value is -2.12. The second-order valence-corrected chi connectivity index (χ2v) is 7.32. The maximum atomic E-state index is 12.8. The second-order valence-electron chi connectivity index (χ2n) is 7.32. The maximum Gasteiger partial charge on any atom is 0.240 e. The highest BCUT2D eigenvalue weighted by Gasteiger charge is 2.28. The van der Waals surface area contributed by atoms with Crippen molar-refractivity contribution < 1.29 is 14.3 Å². The molecule has 1 fully saturated rings. The fraction of sp³-hybridized carbons (Fsp3) is 0.619. The van der Waals surface area contributed by atoms with E-state index >= 15 is 0 Å². The number of carbonyl (C=O) groups is 2. The zero-order chi connectivity index (χ0) is 20.4. The molecule has 7 nitrogen and oxygen atoms in total. The number of benzene rings is 1. The van der Waals surface area contributed by atoms with Crippen molar-refractivity contribution in [3.63, 3.8) is 0 Å². The van der Waals surface area contributed by atoms with Crippen molar-refractivity contribution in [3.05, 3.63) is 29.8 Å². The predicted molar refractivity (Wildman–Crippen MR) is 110 cm³/mol. The summed E-state index contributed by atoms with van der Waals surface area (Å²) < 4.78 is 5.33. The van der Waals surface area contributed by atoms with Crippen molar-refractivity contribution >= 4 is 11.8 Å². The highest BCUT2D eigenvalue weighted by atomic mass is 16.5. The quantitative estimate of drug-likeness (QED) is 0.554. The van der Waals surface area contributed by atoms with E-state index in [1.807, 2.05) is 31.3 Å². The molecule has 1 heterocycles. The SMILES string of the molecule is CN[C@@H](C)CN[C@H]1CCCCN(CC(=O)NCCc2ccccc2OC)C1=O. The van der Waals surface area contributed by atoms with Crippen LogP contribution < -0.4 is 20.7 Å². The normalized spacial score (nSPS) is 18.5. The Labute approximate surface area is 168 Å². The zero-order valence-corrected chi connectivity index (χ0v) is 17.3. The van der Waals surface area contributed by atoms with Gasteiger partial charge in [0.15, 0.2) is 0 Å². The first-order valence-electron chi connectivity index (χ1n) is 10.1. The van der Waals surface area contributed by atoms with E-state index in [2.05, 4.69) is 22.9 Å². The lowest BCUT2D eigenvalue weighted by molar-refractivity contribution is -0.137. The van der Waals surface area contributed by atoms with E-state index in [1.54, 1.807) is 12.0 Å². The summed E-state index contributed by atoms with van der Waals surface area (Å²) in [5.74, 6) is 0.734. The van der Waals surface area contributed by atoms with Crippen LogP contribution in [0, 0.1) is 0 Å². The van der Waals surface area contributed by atoms with E-state index in [0.717, 1.165) is 37.1 Å². The fourth-order valence-electron chi connectivity index (χ4n) is 3.35. The molecular formula is C21H34N4O3. The molecule has 28 heavy (non-hydrogen) atoms. The summed E-state index contributed by atoms with van der Waals surface area (Å²) in [6.07, 6.45) is 3.43. The Kier molecular flexibility index (Phi) is 9.23. The monoisotopic (exact) mass is 390 g/mol. The molecule has 0 aliphatic carbocycles. The Balaban J connectivity index is 1.81. The average Bonchev–Trinajstić information content (AvgIpc) is 2.88. The minimum absolute atomic E-state index is 0.0284. The molecule has 3 N–H and O–H groups in total. The first-order chi connectivity index (χ1) is 13.5. The molecule has 0 radical (unpaired) electrons. The van der Waals surface area contributed by atoms with Gasteiger partial charge in [0.1, 0.15) is 5.75 Å². The zero-order valence-electron chi connectivity index (χ0n) is 17.3. The number of methoxy groups -OCH3 is 1. The Morgan fingerprint density at radius 2 is 2.11 bits per heavy atom. The molecule has 0 saturated carbocycles. The smallest absolute Gasteiger partial charge is 0.240 e. The number of likely N-dealkylation sites (tertiary alicyclic amines) is 1. The third kappa shape index (κ3) is 6.80. The number of carbonyl (C=O) groups excluding carboxylic acids is 2. The summed E-state index contributed by atoms with van der Waals surface area (Å²) in [6, 6.07) is 7.87. The van der Waals surface area contributed by atoms with Crippen molar-refractivity contribution in [2.45, 2.75) is 44.7 Å². The van der Waals surface area contributed by atoms with E-state index in [0.29, 0.717) is 25.6 Å². The Morgan fingerprint density at radius 1 is 1.32 bits per heavy atom. The molecule has 7 heteroatoms. The molecule has 0 unspecified atom stereocenters. The number of likely N-dealkylation sites (N-methyl/N-ethyl adjacent to an activating group) is 1. The standard InChI is InChI=1S/C21H34N4O3/c1-16(22-2)14-24-18-9-6-7-13-25(21(18)27)15-20(26)23-12-11-17-8-4-5-10-19(17)28-3/h4-5,8,10,16,18,22,24H,6-7,9,11-15H2,1-3H3,(H,23,26)/t16-,18-/m0/s1. The average molecular weight is 391 g/mol. The van der Waals surface area contributed by atoms with Crippen LogP contribution in [-0.4, -0.2) is 69.1 Å². The van der Waals surface area contributed by atoms with Gasteiger partial charge in [-0.2, -0.15) is 0 Å². The van der Waals surface area contributed by atoms with E-state index in [1.165, 1.54) is 0 Å². The summed E-state index contributed by atoms with van der Waals surface area (Å²) in [5.41, 5.74) is 1.05. The van der Waals surface area contributed by atoms with E-state index in [4.69, 9.17) is 4.74 Å². The van der Waals surface area contributed by atoms with Crippen LogP contribution in [-0.2, 0) is 16.0 Å². The van der Waals surface area contributed by atoms with Crippen molar-refractivity contribution in [3.8, 4) is 5.75 Å². The molecule has 1 aliphatic heterocycles. The molecule has 2 amide bonds. The number of para-hydroxylation sites is 1. The van der Waals surface area contributed by atoms with E-state index in [-0.39, 0.29) is 24.4 Å². The van der Waals surface area contributed by atoms with Crippen LogP contribution in [0.15, 0.2) is 24.3 Å². The summed E-state index contributed by atoms with van der Waals surface area (Å²) in [5, 5.41) is 9.43. The van der Waals surface area contributed by atoms with Gasteiger partial charge in [-0.3, -0.25) is 9.59 Å². The van der Waals surface area contributed by atoms with Crippen LogP contribution in [0.3, 0.4) is 0 Å². The molecule has 1 aliphatic rings. The molecule has 2 atom stereocenters. The van der Waals surface area contributed by atoms with Crippen molar-refractivity contribution in [1.29, 1.82) is 0 Å². The van der Waals surface area contributed by atoms with Gasteiger partial charge in [-0.1, -0.05) is 18.2 Å². The van der Waals surface area contributed by atoms with Gasteiger partial charge in [0, 0.05) is 25.7 Å². The van der Waals surface area contributed by atoms with Crippen LogP contribution in [0.4, 0.5) is 0 Å². The van der Waals surface area contributed by atoms with Gasteiger partial charge in [-0.15, -0.1) is 0 Å². The highest BCUT2D eigenvalue weighted by molar-refractivity contribution is 5.87. The lowest BCUT2D eigenvalue weighted by Crippen LogP contribution is -2.50. The van der Waals surface area contributed by atoms with Gasteiger partial charge in [0.05, 0.1) is 19.7 Å². The first kappa shape index (κ1) is 22.2. The summed E-state index contributed by atoms with van der Waals surface area (Å²) in [7, 11) is 3.55. The van der Waals surface area contributed by atoms with Crippen LogP contribution in [0.5, 0.6) is 5.75 Å². The molecular weight excluding hydrogens is 356 g/mol. The van der Waals surface area contributed by atoms with Crippen molar-refractivity contribution in [2.75, 3.05) is 40.3 Å². The minimum Gasteiger partial charge on any atom is -0.496 e. The van der Waals surface area contributed by atoms with Gasteiger partial charge in [0.2, 0.25) is 11.8 Å². The van der Waals surface area contributed by atoms with Gasteiger partial charge in [0.25, 0.3) is 0 Å². The largest absolute Gasteiger partial charge is 0.496 e. The van der Waals surface area contributed by atoms with Crippen LogP contribution >= 0.6 is 0 Å². The third-order valence-electron chi connectivity index (χ3n) is 5.19. The summed E-state index contributed by atoms with van der Waals surface area (Å²) >= 11 is 0. The second kappa shape index (κ2) is 11.7. The van der Waals surface area contributed by atoms with Crippen LogP contribution in [0.1, 0.15) is 31.7 Å². The molecule has 0 bridgehead atoms. The van der Waals surface area contributed by atoms with Gasteiger partial charge in [-0.25, -0.2) is 0 Å². The van der Waals surface area contributed by atoms with Gasteiger partial charge >= 0.3 is 0 Å². The fourth-order valence-corrected chi connectivity index (χ4v) is 3.35. The van der Waals surface area contributed by atoms with E-state index < -0.39 is 0 Å². The third-order valence-corrected chi connectivity index (χ3v) is 5.19. The summed E-state index contributed by atoms with van der Waals surface area (Å²) in [6.45, 7) is 4.07. The van der Waals surface area contributed by atoms with Crippen molar-refractivity contribution in [1.82, 2.24) is 20.9 Å². The Morgan fingerprint density at radius 3 is 2.86 bits per heavy atom. The lowest BCUT2D eigenvalue weighted by atomic mass is 10.1. The maximum absolute atomic E-state index is 12.8. The van der Waals surface area contributed by atoms with Gasteiger partial charge in [-0.05, 0) is 51.3 Å². The predicted octanol–water partition coefficient (Wildman–Crippen LogP) is 0.933. The topological polar surface area (TPSA) is 82.7 Å². The molecule has 1 aromatic rings. The van der Waals surface area contributed by atoms with Crippen LogP contribution in [0.25, 0.3) is 0 Å². The number of nitrogens with one attached hydrogen (secondary N) is 3. The van der Waals surface area contributed by atoms with Gasteiger partial charge < -0.3 is 25.6 Å². The number of rotatable bonds is 10. The molecule has 156 valence electrons. The number of nitrogens with zero attached hydrogens (tertiary/aromatic N) is 1. The Bertz CT molecular complexity index is 638. The molecule has 0 spiro atoms. The number of hydrogen-bond acceptors (Lipinski definition) is 5. The van der Waals surface area contributed by atoms with Crippen LogP contribution in [0.2, 0.25) is 0 Å². The van der Waals surface area contributed by atoms with Crippen molar-refractivity contribution in [2.24, 2.45) is 0 Å². The number of hydrogen-bond donors (Lipinski definition) is 3. The molecule has 1 aromatic carbocycles. The molecule has 1 saturated heterocycles. The number of amides is 2. The molecule has 2 rings (SSSR count). The molecule has 0 aromatic heterocycles. The highest BCUT2D eigenvalue weighted by Crippen LogP contribution is 2.17. The first-order valence-corrected chi connectivity index (χ1v) is 10.1. The van der Waals surface area contributed by atoms with E-state index in [9.17, 15) is 9.59 Å². The summed E-state index contributed by atoms with van der Waals surface area (Å²) in [4.78, 5) is 26.9. The minimum atomic E-state index is -0.209. The lowest BCUT2D eigenvalue weighted by Gasteiger charge is -2.25. The number of ether oxygens (including phenoxy) is 1.